The van der Waals surface area contributed by atoms with Gasteiger partial charge in [-0.05, 0) is 55.5 Å². The van der Waals surface area contributed by atoms with E-state index in [4.69, 9.17) is 5.73 Å². The lowest BCUT2D eigenvalue weighted by atomic mass is 9.80. The SMILES string of the molecule is NCCC1(S(=O)(=O)c2ccccc2)CCCc2ccccc21. The third kappa shape index (κ3) is 2.27. The van der Waals surface area contributed by atoms with E-state index in [1.54, 1.807) is 24.3 Å². The zero-order valence-corrected chi connectivity index (χ0v) is 13.4. The number of benzene rings is 2. The summed E-state index contributed by atoms with van der Waals surface area (Å²) in [5.41, 5.74) is 7.89. The van der Waals surface area contributed by atoms with Crippen LogP contribution in [0, 0.1) is 0 Å². The van der Waals surface area contributed by atoms with Crippen LogP contribution in [0.15, 0.2) is 59.5 Å². The highest BCUT2D eigenvalue weighted by molar-refractivity contribution is 7.92. The van der Waals surface area contributed by atoms with Crippen LogP contribution in [0.2, 0.25) is 0 Å². The van der Waals surface area contributed by atoms with Gasteiger partial charge in [-0.1, -0.05) is 42.5 Å². The molecule has 0 radical (unpaired) electrons. The molecule has 0 heterocycles. The number of rotatable bonds is 4. The number of sulfone groups is 1. The molecular weight excluding hydrogens is 294 g/mol. The number of aryl methyl sites for hydroxylation is 1. The van der Waals surface area contributed by atoms with Gasteiger partial charge in [0.1, 0.15) is 4.75 Å². The second kappa shape index (κ2) is 5.86. The molecule has 0 saturated carbocycles. The van der Waals surface area contributed by atoms with Crippen molar-refractivity contribution in [3.63, 3.8) is 0 Å². The standard InChI is InChI=1S/C18H21NO2S/c19-14-13-18(22(20,21)16-9-2-1-3-10-16)12-6-8-15-7-4-5-11-17(15)18/h1-5,7,9-11H,6,8,12-14,19H2. The van der Waals surface area contributed by atoms with Crippen molar-refractivity contribution >= 4 is 9.84 Å². The van der Waals surface area contributed by atoms with E-state index in [1.807, 2.05) is 30.3 Å². The minimum absolute atomic E-state index is 0.362. The van der Waals surface area contributed by atoms with Crippen LogP contribution in [-0.4, -0.2) is 15.0 Å². The van der Waals surface area contributed by atoms with Crippen molar-refractivity contribution in [2.45, 2.75) is 35.3 Å². The van der Waals surface area contributed by atoms with Crippen molar-refractivity contribution in [3.8, 4) is 0 Å². The molecule has 0 aromatic heterocycles. The maximum absolute atomic E-state index is 13.4. The van der Waals surface area contributed by atoms with Crippen molar-refractivity contribution in [1.29, 1.82) is 0 Å². The van der Waals surface area contributed by atoms with E-state index in [9.17, 15) is 8.42 Å². The van der Waals surface area contributed by atoms with Crippen LogP contribution in [0.25, 0.3) is 0 Å². The summed E-state index contributed by atoms with van der Waals surface area (Å²) >= 11 is 0. The molecule has 2 aromatic carbocycles. The van der Waals surface area contributed by atoms with Crippen molar-refractivity contribution in [2.75, 3.05) is 6.54 Å². The lowest BCUT2D eigenvalue weighted by Gasteiger charge is -2.38. The summed E-state index contributed by atoms with van der Waals surface area (Å²) in [5, 5.41) is 0. The average molecular weight is 315 g/mol. The highest BCUT2D eigenvalue weighted by atomic mass is 32.2. The van der Waals surface area contributed by atoms with Crippen LogP contribution in [0.1, 0.15) is 30.4 Å². The van der Waals surface area contributed by atoms with Crippen LogP contribution in [0.5, 0.6) is 0 Å². The lowest BCUT2D eigenvalue weighted by molar-refractivity contribution is 0.436. The first-order chi connectivity index (χ1) is 10.6. The molecule has 1 atom stereocenters. The Morgan fingerprint density at radius 3 is 2.41 bits per heavy atom. The summed E-state index contributed by atoms with van der Waals surface area (Å²) in [4.78, 5) is 0.389. The van der Waals surface area contributed by atoms with Gasteiger partial charge in [0.25, 0.3) is 0 Å². The van der Waals surface area contributed by atoms with Crippen molar-refractivity contribution < 1.29 is 8.42 Å². The van der Waals surface area contributed by atoms with E-state index in [2.05, 4.69) is 0 Å². The van der Waals surface area contributed by atoms with Gasteiger partial charge in [0, 0.05) is 0 Å². The fourth-order valence-electron chi connectivity index (χ4n) is 3.61. The quantitative estimate of drug-likeness (QED) is 0.943. The van der Waals surface area contributed by atoms with Crippen molar-refractivity contribution in [3.05, 3.63) is 65.7 Å². The zero-order chi connectivity index (χ0) is 15.6. The maximum Gasteiger partial charge on any atom is 0.188 e. The Hall–Kier alpha value is -1.65. The molecule has 0 amide bonds. The van der Waals surface area contributed by atoms with Crippen LogP contribution in [-0.2, 0) is 21.0 Å². The first kappa shape index (κ1) is 15.3. The molecule has 3 rings (SSSR count). The van der Waals surface area contributed by atoms with Crippen LogP contribution in [0.3, 0.4) is 0 Å². The van der Waals surface area contributed by atoms with Gasteiger partial charge in [-0.3, -0.25) is 0 Å². The molecular formula is C18H21NO2S. The number of hydrogen-bond acceptors (Lipinski definition) is 3. The Morgan fingerprint density at radius 1 is 1.00 bits per heavy atom. The van der Waals surface area contributed by atoms with Gasteiger partial charge < -0.3 is 5.73 Å². The summed E-state index contributed by atoms with van der Waals surface area (Å²) in [6.07, 6.45) is 2.91. The molecule has 1 unspecified atom stereocenters. The van der Waals surface area contributed by atoms with Gasteiger partial charge in [0.15, 0.2) is 9.84 Å². The number of nitrogens with two attached hydrogens (primary N) is 1. The second-order valence-electron chi connectivity index (χ2n) is 5.86. The number of hydrogen-bond donors (Lipinski definition) is 1. The lowest BCUT2D eigenvalue weighted by Crippen LogP contribution is -2.41. The Labute approximate surface area is 132 Å². The molecule has 0 fully saturated rings. The zero-order valence-electron chi connectivity index (χ0n) is 12.5. The Kier molecular flexibility index (Phi) is 4.06. The van der Waals surface area contributed by atoms with Crippen LogP contribution < -0.4 is 5.73 Å². The van der Waals surface area contributed by atoms with E-state index >= 15 is 0 Å². The number of fused-ring (bicyclic) bond motifs is 1. The largest absolute Gasteiger partial charge is 0.330 e. The molecule has 0 saturated heterocycles. The first-order valence-electron chi connectivity index (χ1n) is 7.70. The normalized spacial score (nSPS) is 21.3. The Balaban J connectivity index is 2.23. The monoisotopic (exact) mass is 315 g/mol. The molecule has 0 spiro atoms. The van der Waals surface area contributed by atoms with E-state index in [1.165, 1.54) is 0 Å². The van der Waals surface area contributed by atoms with E-state index in [-0.39, 0.29) is 0 Å². The first-order valence-corrected chi connectivity index (χ1v) is 9.18. The predicted molar refractivity (Wildman–Crippen MR) is 88.4 cm³/mol. The van der Waals surface area contributed by atoms with Crippen LogP contribution >= 0.6 is 0 Å². The molecule has 4 heteroatoms. The fourth-order valence-corrected chi connectivity index (χ4v) is 5.87. The summed E-state index contributed by atoms with van der Waals surface area (Å²) in [6, 6.07) is 16.7. The van der Waals surface area contributed by atoms with E-state index in [0.29, 0.717) is 24.3 Å². The second-order valence-corrected chi connectivity index (χ2v) is 8.12. The minimum Gasteiger partial charge on any atom is -0.330 e. The third-order valence-electron chi connectivity index (χ3n) is 4.65. The molecule has 1 aliphatic carbocycles. The van der Waals surface area contributed by atoms with Crippen molar-refractivity contribution in [2.24, 2.45) is 5.73 Å². The highest BCUT2D eigenvalue weighted by Crippen LogP contribution is 2.46. The Morgan fingerprint density at radius 2 is 1.68 bits per heavy atom. The summed E-state index contributed by atoms with van der Waals surface area (Å²) < 4.78 is 25.9. The molecule has 2 N–H and O–H groups in total. The smallest absolute Gasteiger partial charge is 0.188 e. The Bertz CT molecular complexity index is 756. The minimum atomic E-state index is -3.48. The average Bonchev–Trinajstić information content (AvgIpc) is 2.56. The van der Waals surface area contributed by atoms with Crippen molar-refractivity contribution in [1.82, 2.24) is 0 Å². The predicted octanol–water partition coefficient (Wildman–Crippen LogP) is 3.04. The van der Waals surface area contributed by atoms with Gasteiger partial charge >= 0.3 is 0 Å². The van der Waals surface area contributed by atoms with Gasteiger partial charge in [-0.25, -0.2) is 8.42 Å². The summed E-state index contributed by atoms with van der Waals surface area (Å²) in [5.74, 6) is 0. The van der Waals surface area contributed by atoms with E-state index in [0.717, 1.165) is 24.0 Å². The summed E-state index contributed by atoms with van der Waals surface area (Å²) in [6.45, 7) is 0.362. The molecule has 0 bridgehead atoms. The molecule has 1 aliphatic rings. The van der Waals surface area contributed by atoms with Gasteiger partial charge in [0.05, 0.1) is 4.90 Å². The third-order valence-corrected chi connectivity index (χ3v) is 7.20. The van der Waals surface area contributed by atoms with Gasteiger partial charge in [0.2, 0.25) is 0 Å². The van der Waals surface area contributed by atoms with E-state index < -0.39 is 14.6 Å². The molecule has 22 heavy (non-hydrogen) atoms. The molecule has 2 aromatic rings. The molecule has 116 valence electrons. The van der Waals surface area contributed by atoms with Gasteiger partial charge in [-0.15, -0.1) is 0 Å². The highest BCUT2D eigenvalue weighted by Gasteiger charge is 2.47. The maximum atomic E-state index is 13.4. The van der Waals surface area contributed by atoms with Gasteiger partial charge in [-0.2, -0.15) is 0 Å². The van der Waals surface area contributed by atoms with Crippen LogP contribution in [0.4, 0.5) is 0 Å². The molecule has 3 nitrogen and oxygen atoms in total. The molecule has 0 aliphatic heterocycles. The summed E-state index contributed by atoms with van der Waals surface area (Å²) in [7, 11) is -3.48. The topological polar surface area (TPSA) is 60.2 Å². The fraction of sp³-hybridized carbons (Fsp3) is 0.333.